The lowest BCUT2D eigenvalue weighted by atomic mass is 10.0. The monoisotopic (exact) mass is 367 g/mol. The number of carbonyl (C=O) groups is 2. The minimum Gasteiger partial charge on any atom is -0.352 e. The molecular formula is C22H29N3O2. The number of hydrogen-bond acceptors (Lipinski definition) is 3. The van der Waals surface area contributed by atoms with E-state index in [1.165, 1.54) is 11.1 Å². The maximum absolute atomic E-state index is 12.3. The molecule has 0 aliphatic heterocycles. The molecule has 0 atom stereocenters. The van der Waals surface area contributed by atoms with Crippen molar-refractivity contribution in [2.45, 2.75) is 33.2 Å². The molecule has 2 rings (SSSR count). The van der Waals surface area contributed by atoms with Crippen LogP contribution in [0.2, 0.25) is 0 Å². The first-order valence-electron chi connectivity index (χ1n) is 9.34. The van der Waals surface area contributed by atoms with Crippen molar-refractivity contribution in [3.8, 4) is 0 Å². The van der Waals surface area contributed by atoms with Gasteiger partial charge in [-0.25, -0.2) is 0 Å². The quantitative estimate of drug-likeness (QED) is 0.749. The molecule has 0 radical (unpaired) electrons. The topological polar surface area (TPSA) is 61.4 Å². The van der Waals surface area contributed by atoms with Crippen LogP contribution in [0.3, 0.4) is 0 Å². The van der Waals surface area contributed by atoms with Crippen LogP contribution >= 0.6 is 0 Å². The third kappa shape index (κ3) is 6.53. The van der Waals surface area contributed by atoms with E-state index >= 15 is 0 Å². The number of amides is 2. The lowest BCUT2D eigenvalue weighted by Gasteiger charge is -2.17. The van der Waals surface area contributed by atoms with Gasteiger partial charge in [0, 0.05) is 24.3 Å². The molecule has 0 unspecified atom stereocenters. The predicted molar refractivity (Wildman–Crippen MR) is 110 cm³/mol. The summed E-state index contributed by atoms with van der Waals surface area (Å²) in [5.74, 6) is 0.262. The van der Waals surface area contributed by atoms with Gasteiger partial charge < -0.3 is 10.6 Å². The largest absolute Gasteiger partial charge is 0.352 e. The molecule has 2 amide bonds. The summed E-state index contributed by atoms with van der Waals surface area (Å²) in [7, 11) is 1.92. The van der Waals surface area contributed by atoms with E-state index in [0.29, 0.717) is 30.3 Å². The van der Waals surface area contributed by atoms with E-state index in [4.69, 9.17) is 0 Å². The molecule has 27 heavy (non-hydrogen) atoms. The molecule has 144 valence electrons. The molecule has 0 spiro atoms. The number of rotatable bonds is 8. The Morgan fingerprint density at radius 2 is 1.78 bits per heavy atom. The fourth-order valence-electron chi connectivity index (χ4n) is 2.82. The van der Waals surface area contributed by atoms with Crippen molar-refractivity contribution < 1.29 is 9.59 Å². The maximum Gasteiger partial charge on any atom is 0.251 e. The average Bonchev–Trinajstić information content (AvgIpc) is 2.62. The summed E-state index contributed by atoms with van der Waals surface area (Å²) in [6.07, 6.45) is 0. The molecular weight excluding hydrogens is 338 g/mol. The van der Waals surface area contributed by atoms with E-state index < -0.39 is 0 Å². The Kier molecular flexibility index (Phi) is 7.55. The van der Waals surface area contributed by atoms with E-state index in [-0.39, 0.29) is 18.4 Å². The maximum atomic E-state index is 12.3. The smallest absolute Gasteiger partial charge is 0.251 e. The van der Waals surface area contributed by atoms with E-state index in [1.54, 1.807) is 24.3 Å². The van der Waals surface area contributed by atoms with Crippen LogP contribution in [0.4, 0.5) is 5.69 Å². The van der Waals surface area contributed by atoms with Gasteiger partial charge in [0.15, 0.2) is 0 Å². The zero-order chi connectivity index (χ0) is 19.8. The molecule has 0 aliphatic rings. The van der Waals surface area contributed by atoms with Crippen molar-refractivity contribution in [2.24, 2.45) is 0 Å². The van der Waals surface area contributed by atoms with Crippen LogP contribution in [-0.2, 0) is 11.3 Å². The fraction of sp³-hybridized carbons (Fsp3) is 0.364. The lowest BCUT2D eigenvalue weighted by Crippen LogP contribution is -2.30. The van der Waals surface area contributed by atoms with Crippen molar-refractivity contribution >= 4 is 17.5 Å². The first-order chi connectivity index (χ1) is 12.9. The van der Waals surface area contributed by atoms with Crippen LogP contribution < -0.4 is 10.6 Å². The Balaban J connectivity index is 1.89. The summed E-state index contributed by atoms with van der Waals surface area (Å²) in [5.41, 5.74) is 3.64. The average molecular weight is 367 g/mol. The Bertz CT molecular complexity index is 769. The highest BCUT2D eigenvalue weighted by atomic mass is 16.2. The molecule has 2 N–H and O–H groups in total. The van der Waals surface area contributed by atoms with Crippen LogP contribution in [-0.4, -0.2) is 36.9 Å². The second-order valence-electron chi connectivity index (χ2n) is 7.06. The molecule has 0 aromatic heterocycles. The number of benzene rings is 2. The van der Waals surface area contributed by atoms with Crippen molar-refractivity contribution in [1.29, 1.82) is 0 Å². The summed E-state index contributed by atoms with van der Waals surface area (Å²) in [4.78, 5) is 26.2. The number of hydrogen-bond donors (Lipinski definition) is 2. The Morgan fingerprint density at radius 1 is 1.07 bits per heavy atom. The molecule has 0 saturated carbocycles. The summed E-state index contributed by atoms with van der Waals surface area (Å²) >= 11 is 0. The first-order valence-corrected chi connectivity index (χ1v) is 9.34. The SMILES string of the molecule is CCNC(=O)c1cccc(NC(=O)CN(C)Cc2ccc(C(C)C)cc2)c1. The van der Waals surface area contributed by atoms with Crippen LogP contribution in [0.5, 0.6) is 0 Å². The van der Waals surface area contributed by atoms with Gasteiger partial charge in [0.05, 0.1) is 6.54 Å². The van der Waals surface area contributed by atoms with Gasteiger partial charge in [-0.05, 0) is 49.2 Å². The summed E-state index contributed by atoms with van der Waals surface area (Å²) in [6, 6.07) is 15.5. The molecule has 0 fully saturated rings. The second kappa shape index (κ2) is 9.88. The Hall–Kier alpha value is -2.66. The number of carbonyl (C=O) groups excluding carboxylic acids is 2. The summed E-state index contributed by atoms with van der Waals surface area (Å²) in [5, 5.41) is 5.61. The Labute approximate surface area is 161 Å². The molecule has 0 saturated heterocycles. The normalized spacial score (nSPS) is 10.9. The summed E-state index contributed by atoms with van der Waals surface area (Å²) < 4.78 is 0. The van der Waals surface area contributed by atoms with E-state index in [2.05, 4.69) is 48.7 Å². The zero-order valence-corrected chi connectivity index (χ0v) is 16.6. The minimum absolute atomic E-state index is 0.107. The van der Waals surface area contributed by atoms with Gasteiger partial charge in [-0.15, -0.1) is 0 Å². The second-order valence-corrected chi connectivity index (χ2v) is 7.06. The fourth-order valence-corrected chi connectivity index (χ4v) is 2.82. The summed E-state index contributed by atoms with van der Waals surface area (Å²) in [6.45, 7) is 7.76. The number of nitrogens with one attached hydrogen (secondary N) is 2. The number of nitrogens with zero attached hydrogens (tertiary/aromatic N) is 1. The van der Waals surface area contributed by atoms with Gasteiger partial charge >= 0.3 is 0 Å². The highest BCUT2D eigenvalue weighted by molar-refractivity contribution is 5.97. The lowest BCUT2D eigenvalue weighted by molar-refractivity contribution is -0.117. The van der Waals surface area contributed by atoms with Crippen molar-refractivity contribution in [3.05, 3.63) is 65.2 Å². The van der Waals surface area contributed by atoms with Crippen molar-refractivity contribution in [2.75, 3.05) is 25.5 Å². The van der Waals surface area contributed by atoms with E-state index in [1.807, 2.05) is 18.9 Å². The molecule has 2 aromatic rings. The van der Waals surface area contributed by atoms with Gasteiger partial charge in [0.2, 0.25) is 5.91 Å². The number of likely N-dealkylation sites (N-methyl/N-ethyl adjacent to an activating group) is 1. The van der Waals surface area contributed by atoms with Crippen molar-refractivity contribution in [3.63, 3.8) is 0 Å². The predicted octanol–water partition coefficient (Wildman–Crippen LogP) is 3.63. The Morgan fingerprint density at radius 3 is 2.41 bits per heavy atom. The molecule has 0 bridgehead atoms. The van der Waals surface area contributed by atoms with E-state index in [9.17, 15) is 9.59 Å². The van der Waals surface area contributed by atoms with Gasteiger partial charge in [-0.3, -0.25) is 14.5 Å². The van der Waals surface area contributed by atoms with Crippen LogP contribution in [0, 0.1) is 0 Å². The van der Waals surface area contributed by atoms with Crippen LogP contribution in [0.1, 0.15) is 48.2 Å². The molecule has 5 nitrogen and oxygen atoms in total. The van der Waals surface area contributed by atoms with Crippen LogP contribution in [0.25, 0.3) is 0 Å². The van der Waals surface area contributed by atoms with Gasteiger partial charge in [-0.2, -0.15) is 0 Å². The van der Waals surface area contributed by atoms with Gasteiger partial charge in [-0.1, -0.05) is 44.2 Å². The highest BCUT2D eigenvalue weighted by Gasteiger charge is 2.10. The van der Waals surface area contributed by atoms with E-state index in [0.717, 1.165) is 0 Å². The number of anilines is 1. The zero-order valence-electron chi connectivity index (χ0n) is 16.6. The van der Waals surface area contributed by atoms with Crippen LogP contribution in [0.15, 0.2) is 48.5 Å². The standard InChI is InChI=1S/C22H29N3O2/c1-5-23-22(27)19-7-6-8-20(13-19)24-21(26)15-25(4)14-17-9-11-18(12-10-17)16(2)3/h6-13,16H,5,14-15H2,1-4H3,(H,23,27)(H,24,26). The molecule has 2 aromatic carbocycles. The third-order valence-electron chi connectivity index (χ3n) is 4.26. The molecule has 0 aliphatic carbocycles. The minimum atomic E-state index is -0.143. The highest BCUT2D eigenvalue weighted by Crippen LogP contribution is 2.15. The first kappa shape index (κ1) is 20.6. The molecule has 5 heteroatoms. The third-order valence-corrected chi connectivity index (χ3v) is 4.26. The van der Waals surface area contributed by atoms with Gasteiger partial charge in [0.1, 0.15) is 0 Å². The van der Waals surface area contributed by atoms with Crippen molar-refractivity contribution in [1.82, 2.24) is 10.2 Å². The molecule has 0 heterocycles. The van der Waals surface area contributed by atoms with Gasteiger partial charge in [0.25, 0.3) is 5.91 Å².